The molecule has 0 rings (SSSR count). The van der Waals surface area contributed by atoms with Crippen LogP contribution in [-0.4, -0.2) is 5.71 Å². The zero-order chi connectivity index (χ0) is 15.2. The molecule has 0 aliphatic carbocycles. The molecule has 20 heavy (non-hydrogen) atoms. The molecule has 0 aromatic rings. The molecule has 0 saturated heterocycles. The minimum atomic E-state index is 0.779. The van der Waals surface area contributed by atoms with Crippen LogP contribution < -0.4 is 0 Å². The Morgan fingerprint density at radius 2 is 1.85 bits per heavy atom. The van der Waals surface area contributed by atoms with Crippen LogP contribution in [0.4, 0.5) is 0 Å². The Morgan fingerprint density at radius 3 is 2.40 bits per heavy atom. The summed E-state index contributed by atoms with van der Waals surface area (Å²) < 4.78 is 0. The number of nitrogens with zero attached hydrogens (tertiary/aromatic N) is 1. The maximum absolute atomic E-state index is 4.47. The summed E-state index contributed by atoms with van der Waals surface area (Å²) >= 11 is 1.44. The van der Waals surface area contributed by atoms with E-state index in [0.717, 1.165) is 22.6 Å². The number of allylic oxidation sites excluding steroid dienone is 9. The highest BCUT2D eigenvalue weighted by atomic mass is 32.2. The molecule has 0 aliphatic heterocycles. The van der Waals surface area contributed by atoms with Gasteiger partial charge in [0.2, 0.25) is 0 Å². The van der Waals surface area contributed by atoms with E-state index in [9.17, 15) is 0 Å². The molecule has 0 heterocycles. The largest absolute Gasteiger partial charge is 0.255 e. The van der Waals surface area contributed by atoms with Crippen LogP contribution >= 0.6 is 11.8 Å². The number of hydrogen-bond donors (Lipinski definition) is 0. The molecule has 0 saturated carbocycles. The van der Waals surface area contributed by atoms with Crippen LogP contribution in [0.25, 0.3) is 0 Å². The summed E-state index contributed by atoms with van der Waals surface area (Å²) in [5.74, 6) is 0. The molecule has 0 radical (unpaired) electrons. The van der Waals surface area contributed by atoms with E-state index < -0.39 is 0 Å². The highest BCUT2D eigenvalue weighted by molar-refractivity contribution is 8.06. The molecule has 0 atom stereocenters. The van der Waals surface area contributed by atoms with Crippen molar-refractivity contribution < 1.29 is 0 Å². The summed E-state index contributed by atoms with van der Waals surface area (Å²) in [6.45, 7) is 18.8. The summed E-state index contributed by atoms with van der Waals surface area (Å²) in [6.07, 6.45) is 15.4. The molecule has 0 fully saturated rings. The lowest BCUT2D eigenvalue weighted by Gasteiger charge is -2.07. The third-order valence-corrected chi connectivity index (χ3v) is 2.73. The van der Waals surface area contributed by atoms with Crippen LogP contribution in [0.1, 0.15) is 6.42 Å². The third kappa shape index (κ3) is 7.39. The van der Waals surface area contributed by atoms with Crippen LogP contribution in [0.15, 0.2) is 103 Å². The molecule has 104 valence electrons. The average Bonchev–Trinajstić information content (AvgIpc) is 2.44. The molecule has 0 amide bonds. The molecule has 0 aromatic carbocycles. The maximum atomic E-state index is 4.47. The van der Waals surface area contributed by atoms with Crippen molar-refractivity contribution in [3.8, 4) is 0 Å². The molecule has 0 N–H and O–H groups in total. The van der Waals surface area contributed by atoms with Gasteiger partial charge in [-0.05, 0) is 11.8 Å². The second kappa shape index (κ2) is 12.0. The van der Waals surface area contributed by atoms with E-state index in [4.69, 9.17) is 0 Å². The van der Waals surface area contributed by atoms with Crippen molar-refractivity contribution in [2.24, 2.45) is 4.99 Å². The smallest absolute Gasteiger partial charge is 0.0834 e. The van der Waals surface area contributed by atoms with Gasteiger partial charge in [0.05, 0.1) is 5.71 Å². The predicted octanol–water partition coefficient (Wildman–Crippen LogP) is 5.76. The summed E-state index contributed by atoms with van der Waals surface area (Å²) in [5.41, 5.74) is 1.70. The number of hydrogen-bond acceptors (Lipinski definition) is 2. The van der Waals surface area contributed by atoms with E-state index in [2.05, 4.69) is 37.9 Å². The Bertz CT molecular complexity index is 488. The van der Waals surface area contributed by atoms with E-state index in [0.29, 0.717) is 0 Å². The van der Waals surface area contributed by atoms with Gasteiger partial charge in [-0.1, -0.05) is 80.6 Å². The van der Waals surface area contributed by atoms with Crippen LogP contribution in [0.5, 0.6) is 0 Å². The highest BCUT2D eigenvalue weighted by Crippen LogP contribution is 2.21. The summed E-state index contributed by atoms with van der Waals surface area (Å²) in [6, 6.07) is 0. The first-order chi connectivity index (χ1) is 9.71. The molecule has 0 aliphatic rings. The first-order valence-electron chi connectivity index (χ1n) is 6.14. The Labute approximate surface area is 126 Å². The Balaban J connectivity index is 5.50. The summed E-state index contributed by atoms with van der Waals surface area (Å²) in [4.78, 5) is 5.29. The fourth-order valence-electron chi connectivity index (χ4n) is 1.26. The van der Waals surface area contributed by atoms with Gasteiger partial charge >= 0.3 is 0 Å². The fourth-order valence-corrected chi connectivity index (χ4v) is 1.74. The zero-order valence-corrected chi connectivity index (χ0v) is 12.6. The Kier molecular flexibility index (Phi) is 10.8. The molecule has 1 nitrogen and oxygen atoms in total. The lowest BCUT2D eigenvalue weighted by molar-refractivity contribution is 1.37. The third-order valence-electron chi connectivity index (χ3n) is 2.08. The molecule has 0 bridgehead atoms. The van der Waals surface area contributed by atoms with Crippen molar-refractivity contribution in [1.29, 1.82) is 0 Å². The maximum Gasteiger partial charge on any atom is 0.0834 e. The molecular weight excluding hydrogens is 262 g/mol. The Morgan fingerprint density at radius 1 is 1.10 bits per heavy atom. The highest BCUT2D eigenvalue weighted by Gasteiger charge is 2.07. The zero-order valence-electron chi connectivity index (χ0n) is 11.8. The minimum absolute atomic E-state index is 0.779. The van der Waals surface area contributed by atoms with Crippen LogP contribution in [0.2, 0.25) is 0 Å². The Hall–Kier alpha value is -2.06. The molecular formula is C18H21NS. The van der Waals surface area contributed by atoms with Crippen molar-refractivity contribution in [2.75, 3.05) is 0 Å². The second-order valence-electron chi connectivity index (χ2n) is 3.55. The topological polar surface area (TPSA) is 12.4 Å². The lowest BCUT2D eigenvalue weighted by Crippen LogP contribution is -2.01. The lowest BCUT2D eigenvalue weighted by atomic mass is 10.1. The van der Waals surface area contributed by atoms with Crippen molar-refractivity contribution in [1.82, 2.24) is 0 Å². The van der Waals surface area contributed by atoms with Crippen LogP contribution in [-0.2, 0) is 0 Å². The first-order valence-corrected chi connectivity index (χ1v) is 7.02. The van der Waals surface area contributed by atoms with Gasteiger partial charge in [0, 0.05) is 16.7 Å². The van der Waals surface area contributed by atoms with Gasteiger partial charge in [0.1, 0.15) is 0 Å². The van der Waals surface area contributed by atoms with Gasteiger partial charge < -0.3 is 0 Å². The monoisotopic (exact) mass is 283 g/mol. The average molecular weight is 283 g/mol. The molecule has 0 aromatic heterocycles. The van der Waals surface area contributed by atoms with Gasteiger partial charge in [-0.25, -0.2) is 0 Å². The second-order valence-corrected chi connectivity index (χ2v) is 4.61. The van der Waals surface area contributed by atoms with Gasteiger partial charge in [-0.2, -0.15) is 0 Å². The van der Waals surface area contributed by atoms with Crippen LogP contribution in [0.3, 0.4) is 0 Å². The van der Waals surface area contributed by atoms with Crippen LogP contribution in [0, 0.1) is 0 Å². The number of rotatable bonds is 10. The van der Waals surface area contributed by atoms with E-state index in [1.54, 1.807) is 23.8 Å². The predicted molar refractivity (Wildman–Crippen MR) is 95.9 cm³/mol. The van der Waals surface area contributed by atoms with Gasteiger partial charge in [-0.3, -0.25) is 4.99 Å². The summed E-state index contributed by atoms with van der Waals surface area (Å²) in [5, 5.41) is 1.73. The van der Waals surface area contributed by atoms with Crippen molar-refractivity contribution in [3.63, 3.8) is 0 Å². The van der Waals surface area contributed by atoms with E-state index in [1.165, 1.54) is 11.8 Å². The SMILES string of the molecule is C=C\C=C/C(=C\C=C)C(=N/C=C\CC=C)/C(=C)SC=C. The van der Waals surface area contributed by atoms with Crippen molar-refractivity contribution in [3.05, 3.63) is 97.5 Å². The van der Waals surface area contributed by atoms with Crippen molar-refractivity contribution in [2.45, 2.75) is 6.42 Å². The fraction of sp³-hybridized carbons (Fsp3) is 0.0556. The first kappa shape index (κ1) is 17.9. The van der Waals surface area contributed by atoms with E-state index in [1.807, 2.05) is 30.4 Å². The molecule has 0 spiro atoms. The standard InChI is InChI=1S/C18H21NS/c1-6-10-12-15-19-18(16(5)20-9-4)17(13-8-3)14-11-7-2/h6-9,11-15H,1-5,10H2/b14-11-,15-12-,17-13+,19-18+. The van der Waals surface area contributed by atoms with Gasteiger partial charge in [-0.15, -0.1) is 6.58 Å². The van der Waals surface area contributed by atoms with Gasteiger partial charge in [0.25, 0.3) is 0 Å². The normalized spacial score (nSPS) is 12.6. The quantitative estimate of drug-likeness (QED) is 0.282. The molecule has 2 heteroatoms. The number of thioether (sulfide) groups is 1. The summed E-state index contributed by atoms with van der Waals surface area (Å²) in [7, 11) is 0. The minimum Gasteiger partial charge on any atom is -0.255 e. The number of aliphatic imine (C=N–C) groups is 1. The van der Waals surface area contributed by atoms with E-state index >= 15 is 0 Å². The van der Waals surface area contributed by atoms with Crippen molar-refractivity contribution >= 4 is 17.5 Å². The van der Waals surface area contributed by atoms with E-state index in [-0.39, 0.29) is 0 Å². The molecule has 0 unspecified atom stereocenters. The van der Waals surface area contributed by atoms with Gasteiger partial charge in [0.15, 0.2) is 0 Å².